The smallest absolute Gasteiger partial charge is 0.433 e. The molecule has 3 N–H and O–H groups in total. The molecule has 0 fully saturated rings. The van der Waals surface area contributed by atoms with Crippen molar-refractivity contribution in [1.29, 1.82) is 0 Å². The average Bonchev–Trinajstić information content (AvgIpc) is 2.56. The van der Waals surface area contributed by atoms with E-state index in [-0.39, 0.29) is 24.9 Å². The molecule has 0 bridgehead atoms. The number of alkyl halides is 3. The zero-order valence-electron chi connectivity index (χ0n) is 13.6. The number of ether oxygens (including phenoxy) is 1. The zero-order chi connectivity index (χ0) is 18.3. The monoisotopic (exact) mass is 356 g/mol. The van der Waals surface area contributed by atoms with Gasteiger partial charge in [0.05, 0.1) is 6.61 Å². The van der Waals surface area contributed by atoms with E-state index in [0.29, 0.717) is 24.5 Å². The van der Waals surface area contributed by atoms with Gasteiger partial charge in [0.2, 0.25) is 5.95 Å². The van der Waals surface area contributed by atoms with E-state index < -0.39 is 11.9 Å². The Morgan fingerprint density at radius 2 is 1.88 bits per heavy atom. The highest BCUT2D eigenvalue weighted by molar-refractivity contribution is 5.58. The van der Waals surface area contributed by atoms with Crippen LogP contribution in [-0.2, 0) is 6.18 Å². The molecule has 0 aliphatic rings. The normalized spacial score (nSPS) is 11.2. The number of halogens is 3. The first-order valence-electron chi connectivity index (χ1n) is 7.73. The van der Waals surface area contributed by atoms with Crippen LogP contribution in [0.15, 0.2) is 30.3 Å². The minimum Gasteiger partial charge on any atom is -0.494 e. The zero-order valence-corrected chi connectivity index (χ0v) is 13.6. The molecule has 0 radical (unpaired) electrons. The van der Waals surface area contributed by atoms with E-state index in [4.69, 9.17) is 9.84 Å². The Hall–Kier alpha value is -2.55. The maximum atomic E-state index is 13.0. The molecule has 2 aromatic rings. The van der Waals surface area contributed by atoms with Crippen molar-refractivity contribution in [3.8, 4) is 5.75 Å². The lowest BCUT2D eigenvalue weighted by Gasteiger charge is -2.13. The van der Waals surface area contributed by atoms with Gasteiger partial charge in [-0.1, -0.05) is 0 Å². The number of hydrogen-bond donors (Lipinski definition) is 3. The number of benzene rings is 1. The first-order chi connectivity index (χ1) is 11.9. The van der Waals surface area contributed by atoms with E-state index in [1.54, 1.807) is 24.3 Å². The second-order valence-corrected chi connectivity index (χ2v) is 5.05. The summed E-state index contributed by atoms with van der Waals surface area (Å²) in [4.78, 5) is 7.49. The summed E-state index contributed by atoms with van der Waals surface area (Å²) in [6, 6.07) is 7.61. The molecule has 0 unspecified atom stereocenters. The standard InChI is InChI=1S/C16H19F3N4O2/c1-2-25-12-6-4-11(5-7-12)21-14-10-13(16(17,18)19)22-15(23-14)20-8-3-9-24/h4-7,10,24H,2-3,8-9H2,1H3,(H2,20,21,22,23). The van der Waals surface area contributed by atoms with Crippen molar-refractivity contribution < 1.29 is 23.0 Å². The quantitative estimate of drug-likeness (QED) is 0.629. The lowest BCUT2D eigenvalue weighted by atomic mass is 10.3. The summed E-state index contributed by atoms with van der Waals surface area (Å²) in [5.74, 6) is 0.521. The Kier molecular flexibility index (Phi) is 6.40. The van der Waals surface area contributed by atoms with Crippen molar-refractivity contribution in [3.05, 3.63) is 36.0 Å². The third kappa shape index (κ3) is 5.79. The van der Waals surface area contributed by atoms with E-state index in [9.17, 15) is 13.2 Å². The van der Waals surface area contributed by atoms with Crippen molar-refractivity contribution in [1.82, 2.24) is 9.97 Å². The Balaban J connectivity index is 2.21. The van der Waals surface area contributed by atoms with Gasteiger partial charge >= 0.3 is 6.18 Å². The number of nitrogens with zero attached hydrogens (tertiary/aromatic N) is 2. The van der Waals surface area contributed by atoms with Crippen LogP contribution >= 0.6 is 0 Å². The summed E-state index contributed by atoms with van der Waals surface area (Å²) in [5.41, 5.74) is -0.487. The van der Waals surface area contributed by atoms with Gasteiger partial charge < -0.3 is 20.5 Å². The van der Waals surface area contributed by atoms with Crippen LogP contribution in [-0.4, -0.2) is 34.8 Å². The van der Waals surface area contributed by atoms with Crippen molar-refractivity contribution >= 4 is 17.5 Å². The van der Waals surface area contributed by atoms with Crippen molar-refractivity contribution in [3.63, 3.8) is 0 Å². The fourth-order valence-corrected chi connectivity index (χ4v) is 1.96. The predicted octanol–water partition coefficient (Wildman–Crippen LogP) is 3.43. The fraction of sp³-hybridized carbons (Fsp3) is 0.375. The van der Waals surface area contributed by atoms with Gasteiger partial charge in [-0.05, 0) is 37.6 Å². The molecule has 1 aromatic heterocycles. The molecule has 136 valence electrons. The number of rotatable bonds is 8. The number of aliphatic hydroxyl groups excluding tert-OH is 1. The molecule has 25 heavy (non-hydrogen) atoms. The van der Waals surface area contributed by atoms with Gasteiger partial charge in [0.15, 0.2) is 5.69 Å². The Morgan fingerprint density at radius 1 is 1.16 bits per heavy atom. The molecule has 1 aromatic carbocycles. The summed E-state index contributed by atoms with van der Waals surface area (Å²) in [6.45, 7) is 2.57. The number of anilines is 3. The predicted molar refractivity (Wildman–Crippen MR) is 88.1 cm³/mol. The highest BCUT2D eigenvalue weighted by Crippen LogP contribution is 2.30. The van der Waals surface area contributed by atoms with Crippen molar-refractivity contribution in [2.45, 2.75) is 19.5 Å². The second kappa shape index (κ2) is 8.52. The van der Waals surface area contributed by atoms with E-state index >= 15 is 0 Å². The average molecular weight is 356 g/mol. The molecule has 0 aliphatic heterocycles. The Bertz CT molecular complexity index is 678. The molecule has 1 heterocycles. The van der Waals surface area contributed by atoms with Crippen LogP contribution in [0.25, 0.3) is 0 Å². The minimum atomic E-state index is -4.59. The van der Waals surface area contributed by atoms with E-state index in [0.717, 1.165) is 6.07 Å². The second-order valence-electron chi connectivity index (χ2n) is 5.05. The maximum Gasteiger partial charge on any atom is 0.433 e. The van der Waals surface area contributed by atoms with Gasteiger partial charge in [-0.3, -0.25) is 0 Å². The molecule has 0 amide bonds. The van der Waals surface area contributed by atoms with Crippen molar-refractivity contribution in [2.75, 3.05) is 30.4 Å². The van der Waals surface area contributed by atoms with Gasteiger partial charge in [-0.25, -0.2) is 4.98 Å². The Morgan fingerprint density at radius 3 is 2.48 bits per heavy atom. The molecule has 0 spiro atoms. The van der Waals surface area contributed by atoms with Crippen LogP contribution in [0.1, 0.15) is 19.0 Å². The number of nitrogens with one attached hydrogen (secondary N) is 2. The van der Waals surface area contributed by atoms with Crippen LogP contribution in [0, 0.1) is 0 Å². The fourth-order valence-electron chi connectivity index (χ4n) is 1.96. The summed E-state index contributed by atoms with van der Waals surface area (Å²) >= 11 is 0. The topological polar surface area (TPSA) is 79.3 Å². The maximum absolute atomic E-state index is 13.0. The third-order valence-electron chi connectivity index (χ3n) is 3.07. The van der Waals surface area contributed by atoms with E-state index in [2.05, 4.69) is 20.6 Å². The van der Waals surface area contributed by atoms with Gasteiger partial charge in [0.25, 0.3) is 0 Å². The van der Waals surface area contributed by atoms with E-state index in [1.807, 2.05) is 6.92 Å². The molecule has 0 atom stereocenters. The Labute approximate surface area is 143 Å². The largest absolute Gasteiger partial charge is 0.494 e. The molecule has 0 aliphatic carbocycles. The van der Waals surface area contributed by atoms with Crippen LogP contribution in [0.5, 0.6) is 5.75 Å². The molecule has 2 rings (SSSR count). The highest BCUT2D eigenvalue weighted by atomic mass is 19.4. The van der Waals surface area contributed by atoms with Gasteiger partial charge in [-0.15, -0.1) is 0 Å². The first kappa shape index (κ1) is 18.8. The van der Waals surface area contributed by atoms with Gasteiger partial charge in [0, 0.05) is 24.9 Å². The molecular formula is C16H19F3N4O2. The van der Waals surface area contributed by atoms with Crippen LogP contribution in [0.3, 0.4) is 0 Å². The van der Waals surface area contributed by atoms with Crippen LogP contribution < -0.4 is 15.4 Å². The number of hydrogen-bond acceptors (Lipinski definition) is 6. The number of aromatic nitrogens is 2. The molecule has 0 saturated carbocycles. The third-order valence-corrected chi connectivity index (χ3v) is 3.07. The minimum absolute atomic E-state index is 0.0120. The SMILES string of the molecule is CCOc1ccc(Nc2cc(C(F)(F)F)nc(NCCCO)n2)cc1. The van der Waals surface area contributed by atoms with E-state index in [1.165, 1.54) is 0 Å². The van der Waals surface area contributed by atoms with Crippen LogP contribution in [0.4, 0.5) is 30.6 Å². The summed E-state index contributed by atoms with van der Waals surface area (Å²) in [7, 11) is 0. The number of aliphatic hydroxyl groups is 1. The van der Waals surface area contributed by atoms with Gasteiger partial charge in [-0.2, -0.15) is 18.2 Å². The first-order valence-corrected chi connectivity index (χ1v) is 7.73. The molecule has 0 saturated heterocycles. The summed E-state index contributed by atoms with van der Waals surface area (Å²) < 4.78 is 44.3. The lowest BCUT2D eigenvalue weighted by Crippen LogP contribution is -2.14. The highest BCUT2D eigenvalue weighted by Gasteiger charge is 2.33. The lowest BCUT2D eigenvalue weighted by molar-refractivity contribution is -0.141. The van der Waals surface area contributed by atoms with Gasteiger partial charge in [0.1, 0.15) is 11.6 Å². The van der Waals surface area contributed by atoms with Crippen molar-refractivity contribution in [2.24, 2.45) is 0 Å². The molecule has 6 nitrogen and oxygen atoms in total. The summed E-state index contributed by atoms with van der Waals surface area (Å²) in [5, 5.41) is 14.2. The molecular weight excluding hydrogens is 337 g/mol. The van der Waals surface area contributed by atoms with Crippen LogP contribution in [0.2, 0.25) is 0 Å². The summed E-state index contributed by atoms with van der Waals surface area (Å²) in [6.07, 6.45) is -4.22. The molecule has 9 heteroatoms.